The highest BCUT2D eigenvalue weighted by atomic mass is 31.3. The maximum atomic E-state index is 12.8. The number of aliphatic hydroxyl groups excluding tert-OH is 2. The van der Waals surface area contributed by atoms with Gasteiger partial charge >= 0.3 is 33.3 Å². The number of aliphatic hydroxyl groups is 2. The number of carbonyl (C=O) groups is 3. The number of phosphoric ester groups is 2. The Bertz CT molecular complexity index is 1940. The summed E-state index contributed by atoms with van der Waals surface area (Å²) in [6, 6.07) is 1.24. The van der Waals surface area contributed by atoms with Gasteiger partial charge in [0.1, 0.15) is 30.7 Å². The van der Waals surface area contributed by atoms with E-state index in [2.05, 4.69) is 30.1 Å². The number of phosphoric acid groups is 2. The Balaban J connectivity index is 1.85. The predicted molar refractivity (Wildman–Crippen MR) is 266 cm³/mol. The van der Waals surface area contributed by atoms with Crippen LogP contribution in [-0.4, -0.2) is 91.5 Å². The molecule has 19 nitrogen and oxygen atoms in total. The average Bonchev–Trinajstić information content (AvgIpc) is 3.58. The number of carbonyl (C=O) groups excluding carboxylic acids is 3. The van der Waals surface area contributed by atoms with Crippen molar-refractivity contribution in [2.45, 2.75) is 193 Å². The second kappa shape index (κ2) is 36.3. The largest absolute Gasteiger partial charge is 0.481 e. The maximum absolute atomic E-state index is 12.8. The second-order valence-electron chi connectivity index (χ2n) is 17.8. The molecule has 1 aliphatic rings. The Labute approximate surface area is 414 Å². The van der Waals surface area contributed by atoms with Gasteiger partial charge in [-0.2, -0.15) is 9.29 Å². The third kappa shape index (κ3) is 29.7. The van der Waals surface area contributed by atoms with Crippen molar-refractivity contribution in [2.24, 2.45) is 5.92 Å². The van der Waals surface area contributed by atoms with Crippen molar-refractivity contribution >= 4 is 39.2 Å². The smallest absolute Gasteiger partial charge is 0.462 e. The van der Waals surface area contributed by atoms with Gasteiger partial charge in [-0.05, 0) is 56.6 Å². The number of nitrogens with zero attached hydrogens (tertiary/aromatic N) is 2. The van der Waals surface area contributed by atoms with Gasteiger partial charge in [-0.15, -0.1) is 0 Å². The van der Waals surface area contributed by atoms with E-state index >= 15 is 0 Å². The SMILES string of the molecule is CCCCCC(=O)/C=C/C=C\C/C=C\C/C=C\CCCC(=O)O[C@H](COC(=O)CCCCCCCCCCCCCC(C)C)COP(=O)(O)OP(=O)(O)OC[C@H]1O[C@@H](n2ccc(N)nc2=O)[C@H](O)[C@@H]1O. The normalized spacial score (nSPS) is 19.7. The molecule has 0 amide bonds. The van der Waals surface area contributed by atoms with Crippen LogP contribution in [0.5, 0.6) is 0 Å². The van der Waals surface area contributed by atoms with Crippen LogP contribution in [0.4, 0.5) is 5.82 Å². The highest BCUT2D eigenvalue weighted by molar-refractivity contribution is 7.61. The number of nitrogen functional groups attached to an aromatic ring is 1. The molecule has 2 rings (SSSR count). The molecule has 2 heterocycles. The van der Waals surface area contributed by atoms with Crippen molar-refractivity contribution in [1.82, 2.24) is 9.55 Å². The summed E-state index contributed by atoms with van der Waals surface area (Å²) in [6.07, 6.45) is 27.7. The first-order chi connectivity index (χ1) is 33.4. The number of anilines is 1. The first-order valence-electron chi connectivity index (χ1n) is 25.0. The van der Waals surface area contributed by atoms with Crippen LogP contribution >= 0.6 is 15.6 Å². The monoisotopic (exact) mass is 1030 g/mol. The van der Waals surface area contributed by atoms with E-state index in [-0.39, 0.29) is 24.4 Å². The van der Waals surface area contributed by atoms with Gasteiger partial charge in [0.05, 0.1) is 13.2 Å². The zero-order valence-electron chi connectivity index (χ0n) is 41.5. The zero-order valence-corrected chi connectivity index (χ0v) is 43.3. The Hall–Kier alpha value is -3.61. The lowest BCUT2D eigenvalue weighted by molar-refractivity contribution is -0.161. The number of hydrogen-bond acceptors (Lipinski definition) is 16. The number of unbranched alkanes of at least 4 members (excludes halogenated alkanes) is 13. The topological polar surface area (TPSA) is 283 Å². The molecule has 1 saturated heterocycles. The lowest BCUT2D eigenvalue weighted by Crippen LogP contribution is -2.36. The van der Waals surface area contributed by atoms with Gasteiger partial charge in [0.25, 0.3) is 0 Å². The number of allylic oxidation sites excluding steroid dienone is 8. The van der Waals surface area contributed by atoms with Gasteiger partial charge in [0, 0.05) is 25.5 Å². The molecule has 0 bridgehead atoms. The number of hydrogen-bond donors (Lipinski definition) is 5. The second-order valence-corrected chi connectivity index (χ2v) is 20.9. The molecule has 0 aliphatic carbocycles. The Morgan fingerprint density at radius 1 is 0.771 bits per heavy atom. The minimum Gasteiger partial charge on any atom is -0.462 e. The molecule has 0 spiro atoms. The summed E-state index contributed by atoms with van der Waals surface area (Å²) in [7, 11) is -10.9. The van der Waals surface area contributed by atoms with Gasteiger partial charge in [-0.25, -0.2) is 13.9 Å². The fourth-order valence-electron chi connectivity index (χ4n) is 7.15. The number of ketones is 1. The Kier molecular flexibility index (Phi) is 32.4. The standard InChI is InChI=1S/C49H81N3O16P2/c1-4-5-24-30-40(53)31-26-21-17-13-9-7-11-15-19-23-28-33-45(55)66-41(36-63-44(54)32-27-22-18-14-10-6-8-12-16-20-25-29-39(2)3)37-64-69(59,60)68-70(61,62)65-38-42-46(56)47(57)48(67-42)52-35-34-43(50)51-49(52)58/h7,9,15,17,19,21,26,31,34-35,39,41-42,46-48,56-57H,4-6,8,10-14,16,18,20,22-25,27-30,32-33,36-38H2,1-3H3,(H,59,60)(H,61,62)(H2,50,51,58)/b9-7-,19-15-,21-17-,31-26+/t41-,42-,46-,47-,48-/m1/s1. The highest BCUT2D eigenvalue weighted by Crippen LogP contribution is 2.60. The summed E-state index contributed by atoms with van der Waals surface area (Å²) in [5.41, 5.74) is 4.57. The van der Waals surface area contributed by atoms with Crippen molar-refractivity contribution in [3.63, 3.8) is 0 Å². The van der Waals surface area contributed by atoms with E-state index in [0.29, 0.717) is 38.5 Å². The first-order valence-corrected chi connectivity index (χ1v) is 28.0. The number of esters is 2. The molecular weight excluding hydrogens is 948 g/mol. The first kappa shape index (κ1) is 62.5. The van der Waals surface area contributed by atoms with Crippen molar-refractivity contribution in [3.05, 3.63) is 71.4 Å². The van der Waals surface area contributed by atoms with Crippen LogP contribution in [0.1, 0.15) is 168 Å². The van der Waals surface area contributed by atoms with Crippen LogP contribution in [0.2, 0.25) is 0 Å². The number of aromatic nitrogens is 2. The van der Waals surface area contributed by atoms with Crippen LogP contribution in [-0.2, 0) is 51.1 Å². The summed E-state index contributed by atoms with van der Waals surface area (Å²) in [6.45, 7) is 4.22. The summed E-state index contributed by atoms with van der Waals surface area (Å²) in [5.74, 6) is -0.518. The molecule has 1 aromatic heterocycles. The van der Waals surface area contributed by atoms with E-state index in [1.165, 1.54) is 51.0 Å². The summed E-state index contributed by atoms with van der Waals surface area (Å²) in [4.78, 5) is 73.6. The molecule has 21 heteroatoms. The number of rotatable bonds is 40. The summed E-state index contributed by atoms with van der Waals surface area (Å²) < 4.78 is 56.6. The molecule has 1 aliphatic heterocycles. The molecule has 70 heavy (non-hydrogen) atoms. The third-order valence-electron chi connectivity index (χ3n) is 11.1. The quantitative estimate of drug-likeness (QED) is 0.0102. The molecule has 6 N–H and O–H groups in total. The van der Waals surface area contributed by atoms with Crippen molar-refractivity contribution in [1.29, 1.82) is 0 Å². The highest BCUT2D eigenvalue weighted by Gasteiger charge is 2.46. The number of nitrogens with two attached hydrogens (primary N) is 1. The molecule has 398 valence electrons. The van der Waals surface area contributed by atoms with E-state index in [0.717, 1.165) is 61.6 Å². The lowest BCUT2D eigenvalue weighted by Gasteiger charge is -2.21. The van der Waals surface area contributed by atoms with Crippen LogP contribution < -0.4 is 11.4 Å². The molecule has 1 fully saturated rings. The molecule has 0 radical (unpaired) electrons. The van der Waals surface area contributed by atoms with Crippen LogP contribution in [0.15, 0.2) is 65.7 Å². The predicted octanol–water partition coefficient (Wildman–Crippen LogP) is 9.20. The van der Waals surface area contributed by atoms with Crippen LogP contribution in [0, 0.1) is 5.92 Å². The molecular formula is C49H81N3O16P2. The molecule has 0 aromatic carbocycles. The summed E-state index contributed by atoms with van der Waals surface area (Å²) in [5, 5.41) is 20.9. The van der Waals surface area contributed by atoms with E-state index in [1.807, 2.05) is 36.5 Å². The van der Waals surface area contributed by atoms with E-state index in [4.69, 9.17) is 29.0 Å². The van der Waals surface area contributed by atoms with Gasteiger partial charge < -0.3 is 39.9 Å². The lowest BCUT2D eigenvalue weighted by atomic mass is 10.0. The van der Waals surface area contributed by atoms with E-state index in [9.17, 15) is 48.3 Å². The molecule has 2 unspecified atom stereocenters. The number of ether oxygens (including phenoxy) is 3. The Morgan fingerprint density at radius 3 is 2.03 bits per heavy atom. The van der Waals surface area contributed by atoms with E-state index in [1.54, 1.807) is 12.2 Å². The van der Waals surface area contributed by atoms with Gasteiger partial charge in [0.15, 0.2) is 18.1 Å². The fourth-order valence-corrected chi connectivity index (χ4v) is 9.26. The van der Waals surface area contributed by atoms with Gasteiger partial charge in [-0.3, -0.25) is 28.0 Å². The minimum absolute atomic E-state index is 0.0522. The van der Waals surface area contributed by atoms with Crippen molar-refractivity contribution in [2.75, 3.05) is 25.6 Å². The Morgan fingerprint density at radius 2 is 1.37 bits per heavy atom. The fraction of sp³-hybridized carbons (Fsp3) is 0.694. The van der Waals surface area contributed by atoms with Crippen LogP contribution in [0.25, 0.3) is 0 Å². The zero-order chi connectivity index (χ0) is 51.6. The molecule has 0 saturated carbocycles. The average molecular weight is 1030 g/mol. The molecule has 7 atom stereocenters. The molecule has 1 aromatic rings. The minimum atomic E-state index is -5.45. The van der Waals surface area contributed by atoms with Gasteiger partial charge in [-0.1, -0.05) is 147 Å². The third-order valence-corrected chi connectivity index (χ3v) is 13.7. The van der Waals surface area contributed by atoms with Crippen molar-refractivity contribution in [3.8, 4) is 0 Å². The summed E-state index contributed by atoms with van der Waals surface area (Å²) >= 11 is 0. The van der Waals surface area contributed by atoms with Crippen molar-refractivity contribution < 1.29 is 71.1 Å². The van der Waals surface area contributed by atoms with E-state index < -0.39 is 83.7 Å². The van der Waals surface area contributed by atoms with Gasteiger partial charge in [0.2, 0.25) is 0 Å². The van der Waals surface area contributed by atoms with Crippen LogP contribution in [0.3, 0.4) is 0 Å². The maximum Gasteiger partial charge on any atom is 0.481 e.